The molecule has 0 saturated heterocycles. The summed E-state index contributed by atoms with van der Waals surface area (Å²) >= 11 is 4.99. The highest BCUT2D eigenvalue weighted by molar-refractivity contribution is 6.40. The van der Waals surface area contributed by atoms with Gasteiger partial charge in [0.15, 0.2) is 11.6 Å². The van der Waals surface area contributed by atoms with Crippen molar-refractivity contribution in [2.75, 3.05) is 0 Å². The van der Waals surface area contributed by atoms with Crippen molar-refractivity contribution < 1.29 is 27.9 Å². The molecule has 1 rings (SSSR count). The van der Waals surface area contributed by atoms with Gasteiger partial charge in [0.2, 0.25) is 0 Å². The first-order valence-corrected chi connectivity index (χ1v) is 3.84. The van der Waals surface area contributed by atoms with Gasteiger partial charge in [-0.2, -0.15) is 0 Å². The van der Waals surface area contributed by atoms with Crippen LogP contribution in [-0.2, 0) is 4.79 Å². The number of rotatable bonds is 2. The maximum Gasteiger partial charge on any atom is 0.377 e. The van der Waals surface area contributed by atoms with E-state index < -0.39 is 39.8 Å². The summed E-state index contributed by atoms with van der Waals surface area (Å²) in [5.41, 5.74) is -1.21. The van der Waals surface area contributed by atoms with Crippen molar-refractivity contribution in [3.05, 3.63) is 34.1 Å². The van der Waals surface area contributed by atoms with Gasteiger partial charge in [-0.25, -0.2) is 18.0 Å². The molecule has 0 aliphatic carbocycles. The van der Waals surface area contributed by atoms with E-state index in [4.69, 9.17) is 16.7 Å². The van der Waals surface area contributed by atoms with Gasteiger partial charge in [0.1, 0.15) is 10.8 Å². The molecule has 0 unspecified atom stereocenters. The van der Waals surface area contributed by atoms with Crippen molar-refractivity contribution in [2.24, 2.45) is 0 Å². The molecule has 0 aromatic heterocycles. The fraction of sp³-hybridized carbons (Fsp3) is 0. The summed E-state index contributed by atoms with van der Waals surface area (Å²) in [6.45, 7) is 0. The van der Waals surface area contributed by atoms with Gasteiger partial charge >= 0.3 is 5.97 Å². The van der Waals surface area contributed by atoms with Crippen molar-refractivity contribution in [1.82, 2.24) is 0 Å². The maximum absolute atomic E-state index is 12.9. The number of halogens is 4. The Bertz CT molecular complexity index is 459. The van der Waals surface area contributed by atoms with E-state index in [0.29, 0.717) is 0 Å². The van der Waals surface area contributed by atoms with E-state index >= 15 is 0 Å². The summed E-state index contributed by atoms with van der Waals surface area (Å²) in [5, 5.41) is 7.09. The standard InChI is InChI=1S/C8H2ClF3O3/c9-4-3(10)1-2(5(11)6(4)12)7(13)8(14)15/h1H,(H,14,15). The van der Waals surface area contributed by atoms with Gasteiger partial charge in [-0.3, -0.25) is 4.79 Å². The summed E-state index contributed by atoms with van der Waals surface area (Å²) in [4.78, 5) is 20.9. The quantitative estimate of drug-likeness (QED) is 0.371. The summed E-state index contributed by atoms with van der Waals surface area (Å²) in [5.74, 6) is -8.74. The normalized spacial score (nSPS) is 10.1. The van der Waals surface area contributed by atoms with Crippen molar-refractivity contribution >= 4 is 23.4 Å². The van der Waals surface area contributed by atoms with Gasteiger partial charge in [-0.1, -0.05) is 11.6 Å². The van der Waals surface area contributed by atoms with Crippen molar-refractivity contribution in [3.8, 4) is 0 Å². The average Bonchev–Trinajstić information content (AvgIpc) is 2.19. The molecule has 0 saturated carbocycles. The van der Waals surface area contributed by atoms with Crippen LogP contribution in [0.3, 0.4) is 0 Å². The Kier molecular flexibility index (Phi) is 2.99. The Morgan fingerprint density at radius 2 is 1.73 bits per heavy atom. The molecule has 0 radical (unpaired) electrons. The van der Waals surface area contributed by atoms with E-state index in [9.17, 15) is 22.8 Å². The van der Waals surface area contributed by atoms with E-state index in [0.717, 1.165) is 0 Å². The van der Waals surface area contributed by atoms with Crippen LogP contribution in [0.25, 0.3) is 0 Å². The van der Waals surface area contributed by atoms with Gasteiger partial charge in [0, 0.05) is 0 Å². The van der Waals surface area contributed by atoms with Crippen molar-refractivity contribution in [1.29, 1.82) is 0 Å². The number of Topliss-reactive ketones (excluding diaryl/α,β-unsaturated/α-hetero) is 1. The second kappa shape index (κ2) is 3.90. The zero-order chi connectivity index (χ0) is 11.7. The Labute approximate surface area is 86.1 Å². The third-order valence-electron chi connectivity index (χ3n) is 1.54. The molecule has 80 valence electrons. The minimum absolute atomic E-state index is 0.233. The third kappa shape index (κ3) is 1.94. The van der Waals surface area contributed by atoms with Gasteiger partial charge in [-0.05, 0) is 6.07 Å². The van der Waals surface area contributed by atoms with Crippen molar-refractivity contribution in [2.45, 2.75) is 0 Å². The lowest BCUT2D eigenvalue weighted by Crippen LogP contribution is -2.16. The van der Waals surface area contributed by atoms with Crippen LogP contribution >= 0.6 is 11.6 Å². The molecule has 0 atom stereocenters. The van der Waals surface area contributed by atoms with E-state index in [2.05, 4.69) is 0 Å². The molecule has 1 N–H and O–H groups in total. The molecular formula is C8H2ClF3O3. The fourth-order valence-electron chi connectivity index (χ4n) is 0.853. The third-order valence-corrected chi connectivity index (χ3v) is 1.89. The fourth-order valence-corrected chi connectivity index (χ4v) is 0.991. The van der Waals surface area contributed by atoms with Crippen LogP contribution in [-0.4, -0.2) is 16.9 Å². The SMILES string of the molecule is O=C(O)C(=O)c1cc(F)c(Cl)c(F)c1F. The molecule has 7 heteroatoms. The first-order chi connectivity index (χ1) is 6.86. The highest BCUT2D eigenvalue weighted by Crippen LogP contribution is 2.24. The Balaban J connectivity index is 3.45. The number of benzene rings is 1. The predicted molar refractivity (Wildman–Crippen MR) is 43.3 cm³/mol. The van der Waals surface area contributed by atoms with E-state index in [-0.39, 0.29) is 6.07 Å². The maximum atomic E-state index is 12.9. The Morgan fingerprint density at radius 3 is 2.20 bits per heavy atom. The molecule has 0 heterocycles. The average molecular weight is 239 g/mol. The number of aliphatic carboxylic acids is 1. The molecule has 0 fully saturated rings. The van der Waals surface area contributed by atoms with Gasteiger partial charge in [0.25, 0.3) is 5.78 Å². The molecule has 0 spiro atoms. The molecule has 0 aliphatic rings. The molecule has 0 bridgehead atoms. The lowest BCUT2D eigenvalue weighted by molar-refractivity contribution is -0.131. The van der Waals surface area contributed by atoms with Gasteiger partial charge < -0.3 is 5.11 Å². The van der Waals surface area contributed by atoms with Gasteiger partial charge in [-0.15, -0.1) is 0 Å². The summed E-state index contributed by atoms with van der Waals surface area (Å²) in [6, 6.07) is 0.233. The van der Waals surface area contributed by atoms with E-state index in [1.807, 2.05) is 0 Å². The largest absolute Gasteiger partial charge is 0.475 e. The second-order valence-electron chi connectivity index (χ2n) is 2.48. The summed E-state index contributed by atoms with van der Waals surface area (Å²) in [7, 11) is 0. The van der Waals surface area contributed by atoms with E-state index in [1.165, 1.54) is 0 Å². The van der Waals surface area contributed by atoms with E-state index in [1.54, 1.807) is 0 Å². The van der Waals surface area contributed by atoms with Crippen LogP contribution in [0.1, 0.15) is 10.4 Å². The first kappa shape index (κ1) is 11.5. The summed E-state index contributed by atoms with van der Waals surface area (Å²) < 4.78 is 38.5. The lowest BCUT2D eigenvalue weighted by Gasteiger charge is -2.02. The number of carbonyl (C=O) groups excluding carboxylic acids is 1. The van der Waals surface area contributed by atoms with Crippen LogP contribution in [0, 0.1) is 17.5 Å². The lowest BCUT2D eigenvalue weighted by atomic mass is 10.1. The molecule has 0 aliphatic heterocycles. The van der Waals surface area contributed by atoms with Crippen LogP contribution in [0.4, 0.5) is 13.2 Å². The highest BCUT2D eigenvalue weighted by atomic mass is 35.5. The number of carboxylic acid groups (broad SMARTS) is 1. The number of carbonyl (C=O) groups is 2. The molecule has 15 heavy (non-hydrogen) atoms. The first-order valence-electron chi connectivity index (χ1n) is 3.47. The Morgan fingerprint density at radius 1 is 1.20 bits per heavy atom. The monoisotopic (exact) mass is 238 g/mol. The van der Waals surface area contributed by atoms with Crippen LogP contribution in [0.15, 0.2) is 6.07 Å². The summed E-state index contributed by atoms with van der Waals surface area (Å²) in [6.07, 6.45) is 0. The molecule has 1 aromatic carbocycles. The number of carboxylic acids is 1. The van der Waals surface area contributed by atoms with Gasteiger partial charge in [0.05, 0.1) is 5.56 Å². The Hall–Kier alpha value is -1.56. The molecule has 3 nitrogen and oxygen atoms in total. The predicted octanol–water partition coefficient (Wildman–Crippen LogP) is 2.02. The molecule has 1 aromatic rings. The molecule has 0 amide bonds. The number of hydrogen-bond acceptors (Lipinski definition) is 2. The van der Waals surface area contributed by atoms with Crippen molar-refractivity contribution in [3.63, 3.8) is 0 Å². The van der Waals surface area contributed by atoms with Crippen LogP contribution < -0.4 is 0 Å². The molecular weight excluding hydrogens is 237 g/mol. The minimum Gasteiger partial charge on any atom is -0.475 e. The number of hydrogen-bond donors (Lipinski definition) is 1. The number of ketones is 1. The van der Waals surface area contributed by atoms with Crippen LogP contribution in [0.5, 0.6) is 0 Å². The smallest absolute Gasteiger partial charge is 0.377 e. The van der Waals surface area contributed by atoms with Crippen LogP contribution in [0.2, 0.25) is 5.02 Å². The zero-order valence-electron chi connectivity index (χ0n) is 6.85. The second-order valence-corrected chi connectivity index (χ2v) is 2.86. The minimum atomic E-state index is -2.02. The topological polar surface area (TPSA) is 54.4 Å². The highest BCUT2D eigenvalue weighted by Gasteiger charge is 2.25. The zero-order valence-corrected chi connectivity index (χ0v) is 7.61.